The Morgan fingerprint density at radius 1 is 1.05 bits per heavy atom. The van der Waals surface area contributed by atoms with E-state index in [1.165, 1.54) is 0 Å². The molecule has 10 heteroatoms. The molecule has 9 nitrogen and oxygen atoms in total. The molecular formula is C33H49ClN6O3. The predicted octanol–water partition coefficient (Wildman–Crippen LogP) is 3.58. The van der Waals surface area contributed by atoms with Gasteiger partial charge in [0.2, 0.25) is 11.8 Å². The number of amides is 2. The largest absolute Gasteiger partial charge is 0.497 e. The maximum atomic E-state index is 13.9. The van der Waals surface area contributed by atoms with Crippen molar-refractivity contribution >= 4 is 23.4 Å². The van der Waals surface area contributed by atoms with E-state index in [-0.39, 0.29) is 18.2 Å². The first-order chi connectivity index (χ1) is 20.6. The van der Waals surface area contributed by atoms with Gasteiger partial charge in [-0.15, -0.1) is 0 Å². The van der Waals surface area contributed by atoms with Gasteiger partial charge in [-0.3, -0.25) is 9.59 Å². The number of piperazine rings is 1. The van der Waals surface area contributed by atoms with E-state index in [2.05, 4.69) is 41.1 Å². The zero-order valence-corrected chi connectivity index (χ0v) is 26.9. The summed E-state index contributed by atoms with van der Waals surface area (Å²) in [7, 11) is 3.78. The van der Waals surface area contributed by atoms with E-state index in [1.807, 2.05) is 53.4 Å². The summed E-state index contributed by atoms with van der Waals surface area (Å²) in [6.45, 7) is 11.1. The molecule has 43 heavy (non-hydrogen) atoms. The molecule has 2 heterocycles. The molecule has 4 rings (SSSR count). The lowest BCUT2D eigenvalue weighted by Crippen LogP contribution is -2.60. The van der Waals surface area contributed by atoms with Crippen molar-refractivity contribution in [2.24, 2.45) is 11.7 Å². The highest BCUT2D eigenvalue weighted by molar-refractivity contribution is 6.30. The van der Waals surface area contributed by atoms with Crippen molar-refractivity contribution in [1.29, 1.82) is 0 Å². The molecule has 2 saturated heterocycles. The molecule has 0 spiro atoms. The average Bonchev–Trinajstić information content (AvgIpc) is 3.00. The van der Waals surface area contributed by atoms with Crippen molar-refractivity contribution < 1.29 is 14.3 Å². The molecule has 2 aromatic rings. The fourth-order valence-corrected chi connectivity index (χ4v) is 6.15. The Kier molecular flexibility index (Phi) is 12.2. The van der Waals surface area contributed by atoms with Crippen molar-refractivity contribution in [3.8, 4) is 5.75 Å². The van der Waals surface area contributed by atoms with E-state index < -0.39 is 12.1 Å². The smallest absolute Gasteiger partial charge is 0.245 e. The van der Waals surface area contributed by atoms with Gasteiger partial charge in [-0.05, 0) is 61.2 Å². The molecule has 2 amide bonds. The molecular weight excluding hydrogens is 564 g/mol. The van der Waals surface area contributed by atoms with E-state index in [9.17, 15) is 9.59 Å². The Bertz CT molecular complexity index is 1180. The Morgan fingerprint density at radius 2 is 1.72 bits per heavy atom. The van der Waals surface area contributed by atoms with Crippen molar-refractivity contribution in [1.82, 2.24) is 25.1 Å². The number of nitrogens with two attached hydrogens (primary N) is 1. The number of ether oxygens (including phenoxy) is 1. The van der Waals surface area contributed by atoms with E-state index >= 15 is 0 Å². The first kappa shape index (κ1) is 33.2. The fourth-order valence-electron chi connectivity index (χ4n) is 6.03. The Labute approximate surface area is 262 Å². The molecule has 0 saturated carbocycles. The van der Waals surface area contributed by atoms with Crippen LogP contribution in [0.1, 0.15) is 50.3 Å². The normalized spacial score (nSPS) is 18.6. The van der Waals surface area contributed by atoms with Crippen LogP contribution in [0.4, 0.5) is 0 Å². The average molecular weight is 613 g/mol. The molecule has 0 bridgehead atoms. The van der Waals surface area contributed by atoms with Crippen LogP contribution in [0.15, 0.2) is 48.5 Å². The molecule has 2 aliphatic heterocycles. The zero-order valence-electron chi connectivity index (χ0n) is 26.2. The van der Waals surface area contributed by atoms with Crippen LogP contribution in [-0.4, -0.2) is 104 Å². The van der Waals surface area contributed by atoms with E-state index in [0.29, 0.717) is 42.2 Å². The van der Waals surface area contributed by atoms with Crippen LogP contribution in [0.2, 0.25) is 5.02 Å². The number of halogens is 1. The molecule has 3 N–H and O–H groups in total. The van der Waals surface area contributed by atoms with Crippen LogP contribution < -0.4 is 15.8 Å². The number of likely N-dealkylation sites (N-methyl/N-ethyl adjacent to an activating group) is 1. The minimum Gasteiger partial charge on any atom is -0.497 e. The third kappa shape index (κ3) is 9.65. The first-order valence-electron chi connectivity index (χ1n) is 15.5. The van der Waals surface area contributed by atoms with Crippen molar-refractivity contribution in [2.45, 2.75) is 57.7 Å². The number of nitrogens with one attached hydrogen (secondary N) is 1. The molecule has 2 atom stereocenters. The Balaban J connectivity index is 1.41. The summed E-state index contributed by atoms with van der Waals surface area (Å²) in [6, 6.07) is 14.0. The SMILES string of the molecule is COc1cccc([C@H](N)CC(=O)N[C@H](Cc2ccc(Cl)cc2)C(=O)N2CCC(N(CC(C)C)N3CCN(C)CC3)CC2)c1. The number of methoxy groups -OCH3 is 1. The Morgan fingerprint density at radius 3 is 2.35 bits per heavy atom. The number of carbonyl (C=O) groups is 2. The minimum atomic E-state index is -0.688. The first-order valence-corrected chi connectivity index (χ1v) is 15.9. The molecule has 0 radical (unpaired) electrons. The molecule has 0 unspecified atom stereocenters. The second-order valence-electron chi connectivity index (χ2n) is 12.4. The number of piperidine rings is 1. The van der Waals surface area contributed by atoms with Crippen molar-refractivity contribution in [2.75, 3.05) is 60.0 Å². The summed E-state index contributed by atoms with van der Waals surface area (Å²) in [4.78, 5) is 31.5. The lowest BCUT2D eigenvalue weighted by molar-refractivity contribution is -0.140. The summed E-state index contributed by atoms with van der Waals surface area (Å²) in [5, 5.41) is 8.76. The van der Waals surface area contributed by atoms with Gasteiger partial charge in [0.05, 0.1) is 7.11 Å². The highest BCUT2D eigenvalue weighted by Gasteiger charge is 2.34. The third-order valence-corrected chi connectivity index (χ3v) is 8.76. The topological polar surface area (TPSA) is 94.4 Å². The fraction of sp³-hybridized carbons (Fsp3) is 0.576. The van der Waals surface area contributed by atoms with Gasteiger partial charge in [0.25, 0.3) is 0 Å². The zero-order chi connectivity index (χ0) is 30.9. The number of rotatable bonds is 12. The van der Waals surface area contributed by atoms with Gasteiger partial charge in [-0.1, -0.05) is 49.7 Å². The Hall–Kier alpha value is -2.69. The molecule has 2 aliphatic rings. The number of hydrazine groups is 1. The van der Waals surface area contributed by atoms with Crippen molar-refractivity contribution in [3.05, 3.63) is 64.7 Å². The van der Waals surface area contributed by atoms with Gasteiger partial charge >= 0.3 is 0 Å². The van der Waals surface area contributed by atoms with E-state index in [4.69, 9.17) is 22.1 Å². The van der Waals surface area contributed by atoms with Gasteiger partial charge < -0.3 is 25.6 Å². The second-order valence-corrected chi connectivity index (χ2v) is 12.8. The highest BCUT2D eigenvalue weighted by Crippen LogP contribution is 2.23. The number of carbonyl (C=O) groups excluding carboxylic acids is 2. The number of benzene rings is 2. The number of nitrogens with zero attached hydrogens (tertiary/aromatic N) is 4. The predicted molar refractivity (Wildman–Crippen MR) is 172 cm³/mol. The molecule has 236 valence electrons. The maximum absolute atomic E-state index is 13.9. The van der Waals surface area contributed by atoms with Crippen molar-refractivity contribution in [3.63, 3.8) is 0 Å². The number of hydrogen-bond donors (Lipinski definition) is 2. The number of hydrogen-bond acceptors (Lipinski definition) is 7. The third-order valence-electron chi connectivity index (χ3n) is 8.51. The van der Waals surface area contributed by atoms with Crippen LogP contribution in [0.5, 0.6) is 5.75 Å². The molecule has 2 fully saturated rings. The van der Waals surface area contributed by atoms with Crippen LogP contribution in [0.25, 0.3) is 0 Å². The standard InChI is InChI=1S/C33H49ClN6O3/c1-24(2)23-40(39-18-16-37(3)17-19-39)28-12-14-38(15-13-28)33(42)31(20-25-8-10-27(34)11-9-25)36-32(41)22-30(35)26-6-5-7-29(21-26)43-4/h5-11,21,24,28,30-31H,12-20,22-23,35H2,1-4H3,(H,36,41)/t30-,31-/m1/s1. The van der Waals surface area contributed by atoms with Crippen LogP contribution in [-0.2, 0) is 16.0 Å². The summed E-state index contributed by atoms with van der Waals surface area (Å²) < 4.78 is 5.30. The number of likely N-dealkylation sites (tertiary alicyclic amines) is 1. The highest BCUT2D eigenvalue weighted by atomic mass is 35.5. The summed E-state index contributed by atoms with van der Waals surface area (Å²) in [6.07, 6.45) is 2.27. The van der Waals surface area contributed by atoms with Gasteiger partial charge in [0.1, 0.15) is 11.8 Å². The van der Waals surface area contributed by atoms with Gasteiger partial charge in [-0.25, -0.2) is 10.0 Å². The maximum Gasteiger partial charge on any atom is 0.245 e. The molecule has 0 aliphatic carbocycles. The van der Waals surface area contributed by atoms with Gasteiger partial charge in [0, 0.05) is 75.8 Å². The monoisotopic (exact) mass is 612 g/mol. The molecule has 0 aromatic heterocycles. The van der Waals surface area contributed by atoms with Crippen LogP contribution in [0.3, 0.4) is 0 Å². The van der Waals surface area contributed by atoms with E-state index in [1.54, 1.807) is 7.11 Å². The summed E-state index contributed by atoms with van der Waals surface area (Å²) in [5.41, 5.74) is 8.14. The van der Waals surface area contributed by atoms with Crippen LogP contribution in [0, 0.1) is 5.92 Å². The second kappa shape index (κ2) is 15.9. The summed E-state index contributed by atoms with van der Waals surface area (Å²) >= 11 is 6.11. The quantitative estimate of drug-likeness (QED) is 0.378. The lowest BCUT2D eigenvalue weighted by Gasteiger charge is -2.47. The summed E-state index contributed by atoms with van der Waals surface area (Å²) in [5.74, 6) is 0.941. The van der Waals surface area contributed by atoms with Gasteiger partial charge in [-0.2, -0.15) is 0 Å². The van der Waals surface area contributed by atoms with Crippen LogP contribution >= 0.6 is 11.6 Å². The lowest BCUT2D eigenvalue weighted by atomic mass is 9.99. The molecule has 2 aromatic carbocycles. The van der Waals surface area contributed by atoms with Gasteiger partial charge in [0.15, 0.2) is 0 Å². The minimum absolute atomic E-state index is 0.0493. The van der Waals surface area contributed by atoms with E-state index in [0.717, 1.165) is 56.7 Å².